The molecule has 10 heteroatoms. The second-order valence-corrected chi connectivity index (χ2v) is 9.74. The molecular formula is C30H23ClN6O3. The number of imide groups is 1. The van der Waals surface area contributed by atoms with Crippen LogP contribution in [0.25, 0.3) is 16.6 Å². The number of halogens is 1. The van der Waals surface area contributed by atoms with Gasteiger partial charge in [-0.2, -0.15) is 0 Å². The second-order valence-electron chi connectivity index (χ2n) is 9.33. The van der Waals surface area contributed by atoms with Crippen LogP contribution in [0.5, 0.6) is 0 Å². The van der Waals surface area contributed by atoms with Gasteiger partial charge in [-0.25, -0.2) is 9.78 Å². The number of aromatic amines is 1. The highest BCUT2D eigenvalue weighted by molar-refractivity contribution is 6.35. The first-order valence-corrected chi connectivity index (χ1v) is 13.0. The van der Waals surface area contributed by atoms with Crippen LogP contribution in [0.2, 0.25) is 5.02 Å². The summed E-state index contributed by atoms with van der Waals surface area (Å²) in [5.41, 5.74) is 4.33. The van der Waals surface area contributed by atoms with Crippen molar-refractivity contribution in [2.24, 2.45) is 0 Å². The number of benzene rings is 2. The van der Waals surface area contributed by atoms with E-state index in [9.17, 15) is 14.4 Å². The maximum absolute atomic E-state index is 13.0. The van der Waals surface area contributed by atoms with Crippen LogP contribution < -0.4 is 10.6 Å². The molecule has 0 bridgehead atoms. The summed E-state index contributed by atoms with van der Waals surface area (Å²) >= 11 is 6.23. The van der Waals surface area contributed by atoms with Crippen LogP contribution in [-0.4, -0.2) is 56.2 Å². The van der Waals surface area contributed by atoms with Crippen LogP contribution in [0.15, 0.2) is 79.3 Å². The van der Waals surface area contributed by atoms with Crippen molar-refractivity contribution in [2.75, 3.05) is 13.1 Å². The van der Waals surface area contributed by atoms with Gasteiger partial charge in [0.15, 0.2) is 0 Å². The lowest BCUT2D eigenvalue weighted by Crippen LogP contribution is -2.39. The minimum absolute atomic E-state index is 0.0560. The number of fused-ring (bicyclic) bond motifs is 2. The van der Waals surface area contributed by atoms with Gasteiger partial charge >= 0.3 is 6.03 Å². The van der Waals surface area contributed by atoms with Gasteiger partial charge in [0.2, 0.25) is 0 Å². The first-order valence-electron chi connectivity index (χ1n) is 12.7. The molecule has 1 aliphatic heterocycles. The Morgan fingerprint density at radius 1 is 1.07 bits per heavy atom. The third-order valence-electron chi connectivity index (χ3n) is 6.78. The van der Waals surface area contributed by atoms with E-state index < -0.39 is 12.1 Å². The lowest BCUT2D eigenvalue weighted by atomic mass is 10.1. The van der Waals surface area contributed by atoms with E-state index in [1.807, 2.05) is 47.0 Å². The van der Waals surface area contributed by atoms with Crippen LogP contribution >= 0.6 is 11.6 Å². The van der Waals surface area contributed by atoms with Crippen LogP contribution in [0.4, 0.5) is 4.79 Å². The number of carbonyl (C=O) groups excluding carboxylic acids is 3. The van der Waals surface area contributed by atoms with Gasteiger partial charge in [-0.3, -0.25) is 18.9 Å². The van der Waals surface area contributed by atoms with E-state index in [0.29, 0.717) is 22.6 Å². The summed E-state index contributed by atoms with van der Waals surface area (Å²) in [4.78, 5) is 46.8. The van der Waals surface area contributed by atoms with Crippen LogP contribution in [0.1, 0.15) is 27.2 Å². The summed E-state index contributed by atoms with van der Waals surface area (Å²) in [5.74, 6) is 5.52. The number of amides is 4. The predicted octanol–water partition coefficient (Wildman–Crippen LogP) is 3.76. The smallest absolute Gasteiger partial charge is 0.324 e. The maximum atomic E-state index is 13.0. The van der Waals surface area contributed by atoms with Crippen molar-refractivity contribution in [1.82, 2.24) is 29.9 Å². The summed E-state index contributed by atoms with van der Waals surface area (Å²) in [5, 5.41) is 7.02. The number of hydrogen-bond acceptors (Lipinski definition) is 4. The summed E-state index contributed by atoms with van der Waals surface area (Å²) < 4.78 is 1.89. The molecule has 4 amide bonds. The van der Waals surface area contributed by atoms with Gasteiger partial charge in [0.25, 0.3) is 11.8 Å². The normalized spacial score (nSPS) is 14.8. The van der Waals surface area contributed by atoms with Crippen molar-refractivity contribution < 1.29 is 14.4 Å². The third kappa shape index (κ3) is 4.88. The first kappa shape index (κ1) is 25.2. The number of H-pyrrole nitrogens is 1. The number of hydrogen-bond donors (Lipinski definition) is 3. The molecule has 9 nitrogen and oxygen atoms in total. The van der Waals surface area contributed by atoms with Gasteiger partial charge in [0.1, 0.15) is 17.4 Å². The average Bonchev–Trinajstić information content (AvgIpc) is 3.65. The van der Waals surface area contributed by atoms with Crippen molar-refractivity contribution >= 4 is 46.0 Å². The Bertz CT molecular complexity index is 1850. The Hall–Kier alpha value is -5.07. The average molecular weight is 551 g/mol. The van der Waals surface area contributed by atoms with Gasteiger partial charge in [-0.05, 0) is 47.9 Å². The number of carbonyl (C=O) groups is 3. The standard InChI is InChI=1S/C30H23ClN6O3/c31-24-8-4-7-23-21(17-34-27(23)24)16-25-29(39)37(30(40)35-25)14-12-32-28(38)20-6-3-5-19(15-20)10-11-22-18-33-26-9-1-2-13-36(22)26/h1-9,13,15,17-18,25,34H,12,14,16H2,(H,32,38)(H,35,40). The topological polar surface area (TPSA) is 112 Å². The molecule has 198 valence electrons. The lowest BCUT2D eigenvalue weighted by Gasteiger charge is -2.13. The van der Waals surface area contributed by atoms with Crippen molar-refractivity contribution in [2.45, 2.75) is 12.5 Å². The molecular weight excluding hydrogens is 528 g/mol. The zero-order valence-electron chi connectivity index (χ0n) is 21.1. The van der Waals surface area contributed by atoms with Crippen molar-refractivity contribution in [3.05, 3.63) is 107 Å². The molecule has 0 spiro atoms. The largest absolute Gasteiger partial charge is 0.360 e. The molecule has 0 aliphatic carbocycles. The van der Waals surface area contributed by atoms with Crippen molar-refractivity contribution in [3.8, 4) is 11.8 Å². The fourth-order valence-electron chi connectivity index (χ4n) is 4.77. The van der Waals surface area contributed by atoms with Crippen LogP contribution in [0, 0.1) is 11.8 Å². The third-order valence-corrected chi connectivity index (χ3v) is 7.09. The van der Waals surface area contributed by atoms with E-state index in [1.165, 1.54) is 0 Å². The number of aromatic nitrogens is 3. The molecule has 1 atom stereocenters. The van der Waals surface area contributed by atoms with Gasteiger partial charge in [-0.1, -0.05) is 41.8 Å². The number of urea groups is 1. The highest BCUT2D eigenvalue weighted by Crippen LogP contribution is 2.26. The molecule has 4 heterocycles. The Morgan fingerprint density at radius 2 is 1.95 bits per heavy atom. The van der Waals surface area contributed by atoms with Crippen molar-refractivity contribution in [3.63, 3.8) is 0 Å². The molecule has 40 heavy (non-hydrogen) atoms. The van der Waals surface area contributed by atoms with E-state index >= 15 is 0 Å². The van der Waals surface area contributed by atoms with Gasteiger partial charge in [-0.15, -0.1) is 0 Å². The number of rotatable bonds is 6. The van der Waals surface area contributed by atoms with Crippen LogP contribution in [-0.2, 0) is 11.2 Å². The van der Waals surface area contributed by atoms with Crippen molar-refractivity contribution in [1.29, 1.82) is 0 Å². The highest BCUT2D eigenvalue weighted by atomic mass is 35.5. The van der Waals surface area contributed by atoms with Gasteiger partial charge < -0.3 is 15.6 Å². The van der Waals surface area contributed by atoms with Crippen LogP contribution in [0.3, 0.4) is 0 Å². The number of para-hydroxylation sites is 1. The molecule has 3 N–H and O–H groups in total. The molecule has 0 radical (unpaired) electrons. The number of imidazole rings is 1. The summed E-state index contributed by atoms with van der Waals surface area (Å²) in [7, 11) is 0. The minimum atomic E-state index is -0.690. The zero-order chi connectivity index (χ0) is 27.6. The summed E-state index contributed by atoms with van der Waals surface area (Å²) in [6.45, 7) is 0.172. The van der Waals surface area contributed by atoms with E-state index in [2.05, 4.69) is 32.4 Å². The molecule has 3 aromatic heterocycles. The second kappa shape index (κ2) is 10.6. The predicted molar refractivity (Wildman–Crippen MR) is 151 cm³/mol. The molecule has 2 aromatic carbocycles. The number of nitrogens with zero attached hydrogens (tertiary/aromatic N) is 3. The molecule has 5 aromatic rings. The SMILES string of the molecule is O=C(NCCN1C(=O)NC(Cc2c[nH]c3c(Cl)cccc23)C1=O)c1cccc(C#Cc2cnc3ccccn23)c1. The fraction of sp³-hybridized carbons (Fsp3) is 0.133. The van der Waals surface area contributed by atoms with Gasteiger partial charge in [0.05, 0.1) is 16.7 Å². The Morgan fingerprint density at radius 3 is 2.85 bits per heavy atom. The van der Waals surface area contributed by atoms with E-state index in [-0.39, 0.29) is 24.9 Å². The molecule has 6 rings (SSSR count). The lowest BCUT2D eigenvalue weighted by molar-refractivity contribution is -0.127. The van der Waals surface area contributed by atoms with E-state index in [4.69, 9.17) is 11.6 Å². The quantitative estimate of drug-likeness (QED) is 0.221. The molecule has 1 unspecified atom stereocenters. The maximum Gasteiger partial charge on any atom is 0.324 e. The minimum Gasteiger partial charge on any atom is -0.360 e. The summed E-state index contributed by atoms with van der Waals surface area (Å²) in [6, 6.07) is 17.1. The molecule has 1 saturated heterocycles. The Balaban J connectivity index is 1.06. The Labute approximate surface area is 234 Å². The number of nitrogens with one attached hydrogen (secondary N) is 3. The van der Waals surface area contributed by atoms with E-state index in [0.717, 1.165) is 32.7 Å². The fourth-order valence-corrected chi connectivity index (χ4v) is 5.00. The Kier molecular flexibility index (Phi) is 6.68. The molecule has 0 saturated carbocycles. The van der Waals surface area contributed by atoms with Gasteiger partial charge in [0, 0.05) is 48.4 Å². The number of pyridine rings is 1. The summed E-state index contributed by atoms with van der Waals surface area (Å²) in [6.07, 6.45) is 5.73. The first-order chi connectivity index (χ1) is 19.5. The van der Waals surface area contributed by atoms with E-state index in [1.54, 1.807) is 36.7 Å². The monoisotopic (exact) mass is 550 g/mol. The molecule has 1 fully saturated rings. The zero-order valence-corrected chi connectivity index (χ0v) is 21.9. The highest BCUT2D eigenvalue weighted by Gasteiger charge is 2.38. The molecule has 1 aliphatic rings.